The Morgan fingerprint density at radius 2 is 1.84 bits per heavy atom. The van der Waals surface area contributed by atoms with Crippen LogP contribution in [0.15, 0.2) is 59.5 Å². The van der Waals surface area contributed by atoms with E-state index in [2.05, 4.69) is 18.0 Å². The van der Waals surface area contributed by atoms with Gasteiger partial charge < -0.3 is 15.5 Å². The molecular formula is C26H33ClN2O2. The Morgan fingerprint density at radius 1 is 1.13 bits per heavy atom. The van der Waals surface area contributed by atoms with Crippen LogP contribution < -0.4 is 16.0 Å². The zero-order valence-corrected chi connectivity index (χ0v) is 19.2. The summed E-state index contributed by atoms with van der Waals surface area (Å²) in [6.45, 7) is 2.17. The van der Waals surface area contributed by atoms with E-state index in [1.54, 1.807) is 13.3 Å². The highest BCUT2D eigenvalue weighted by molar-refractivity contribution is 6.32. The van der Waals surface area contributed by atoms with Crippen molar-refractivity contribution in [3.8, 4) is 5.75 Å². The molecule has 4 rings (SSSR count). The molecule has 1 aliphatic carbocycles. The normalized spacial score (nSPS) is 19.4. The van der Waals surface area contributed by atoms with E-state index in [4.69, 9.17) is 22.1 Å². The molecule has 5 heteroatoms. The lowest BCUT2D eigenvalue weighted by atomic mass is 9.76. The van der Waals surface area contributed by atoms with Gasteiger partial charge in [0.2, 0.25) is 0 Å². The standard InChI is InChI=1S/C19H25ClN2O.C7H8O/c1-2-18(21)13-5-3-12(4-6-13)9-15-10-14-7-8-22-19(23)16(14)11-17(15)20;1-8-7-5-3-2-4-6-7/h7-8,10-13,18H,2-6,9,21H2,1H3,(H,22,23);2-6H,1H3. The average Bonchev–Trinajstić information content (AvgIpc) is 2.81. The van der Waals surface area contributed by atoms with Crippen molar-refractivity contribution in [2.24, 2.45) is 17.6 Å². The minimum absolute atomic E-state index is 0.0787. The molecule has 0 spiro atoms. The highest BCUT2D eigenvalue weighted by atomic mass is 35.5. The number of aromatic nitrogens is 1. The van der Waals surface area contributed by atoms with Gasteiger partial charge in [0.1, 0.15) is 5.75 Å². The molecule has 0 amide bonds. The predicted octanol–water partition coefficient (Wildman–Crippen LogP) is 5.96. The maximum Gasteiger partial charge on any atom is 0.255 e. The van der Waals surface area contributed by atoms with Crippen LogP contribution in [0.5, 0.6) is 5.75 Å². The molecule has 0 aliphatic heterocycles. The van der Waals surface area contributed by atoms with Gasteiger partial charge in [-0.15, -0.1) is 0 Å². The number of hydrogen-bond donors (Lipinski definition) is 2. The first-order valence-corrected chi connectivity index (χ1v) is 11.5. The number of pyridine rings is 1. The molecule has 4 nitrogen and oxygen atoms in total. The number of ether oxygens (including phenoxy) is 1. The van der Waals surface area contributed by atoms with Gasteiger partial charge in [-0.3, -0.25) is 4.79 Å². The first kappa shape index (κ1) is 23.4. The van der Waals surface area contributed by atoms with Crippen LogP contribution >= 0.6 is 11.6 Å². The highest BCUT2D eigenvalue weighted by Gasteiger charge is 2.25. The number of nitrogens with two attached hydrogens (primary N) is 1. The van der Waals surface area contributed by atoms with Crippen molar-refractivity contribution in [2.45, 2.75) is 51.5 Å². The molecule has 1 aliphatic rings. The van der Waals surface area contributed by atoms with Crippen LogP contribution in [-0.4, -0.2) is 18.1 Å². The molecule has 3 N–H and O–H groups in total. The lowest BCUT2D eigenvalue weighted by Gasteiger charge is -2.32. The van der Waals surface area contributed by atoms with Crippen LogP contribution in [0.1, 0.15) is 44.6 Å². The number of hydrogen-bond acceptors (Lipinski definition) is 3. The molecule has 2 aromatic carbocycles. The van der Waals surface area contributed by atoms with Gasteiger partial charge in [-0.25, -0.2) is 0 Å². The number of aromatic amines is 1. The molecule has 1 atom stereocenters. The quantitative estimate of drug-likeness (QED) is 0.514. The second-order valence-electron chi connectivity index (χ2n) is 8.41. The van der Waals surface area contributed by atoms with E-state index in [0.29, 0.717) is 28.3 Å². The summed E-state index contributed by atoms with van der Waals surface area (Å²) in [5, 5.41) is 2.34. The summed E-state index contributed by atoms with van der Waals surface area (Å²) in [7, 11) is 1.66. The molecule has 1 saturated carbocycles. The number of benzene rings is 2. The smallest absolute Gasteiger partial charge is 0.255 e. The molecule has 3 aromatic rings. The van der Waals surface area contributed by atoms with Crippen molar-refractivity contribution >= 4 is 22.4 Å². The number of rotatable bonds is 5. The van der Waals surface area contributed by atoms with Gasteiger partial charge in [-0.2, -0.15) is 0 Å². The SMILES string of the molecule is CCC(N)C1CCC(Cc2cc3cc[nH]c(=O)c3cc2Cl)CC1.COc1ccccc1. The fourth-order valence-electron chi connectivity index (χ4n) is 4.43. The monoisotopic (exact) mass is 440 g/mol. The predicted molar refractivity (Wildman–Crippen MR) is 130 cm³/mol. The van der Waals surface area contributed by atoms with Gasteiger partial charge in [0.05, 0.1) is 7.11 Å². The Kier molecular flexibility index (Phi) is 8.56. The minimum atomic E-state index is -0.0787. The highest BCUT2D eigenvalue weighted by Crippen LogP contribution is 2.34. The van der Waals surface area contributed by atoms with Crippen LogP contribution in [-0.2, 0) is 6.42 Å². The van der Waals surface area contributed by atoms with Gasteiger partial charge in [-0.05, 0) is 91.6 Å². The van der Waals surface area contributed by atoms with Crippen molar-refractivity contribution < 1.29 is 4.74 Å². The molecule has 0 saturated heterocycles. The number of methoxy groups -OCH3 is 1. The third kappa shape index (κ3) is 6.34. The van der Waals surface area contributed by atoms with E-state index in [-0.39, 0.29) is 5.56 Å². The summed E-state index contributed by atoms with van der Waals surface area (Å²) in [5.74, 6) is 2.27. The van der Waals surface area contributed by atoms with E-state index >= 15 is 0 Å². The van der Waals surface area contributed by atoms with E-state index in [0.717, 1.165) is 29.5 Å². The molecule has 1 fully saturated rings. The minimum Gasteiger partial charge on any atom is -0.497 e. The summed E-state index contributed by atoms with van der Waals surface area (Å²) >= 11 is 6.42. The molecule has 166 valence electrons. The second-order valence-corrected chi connectivity index (χ2v) is 8.82. The maximum absolute atomic E-state index is 11.8. The summed E-state index contributed by atoms with van der Waals surface area (Å²) in [4.78, 5) is 14.5. The van der Waals surface area contributed by atoms with Crippen molar-refractivity contribution in [3.63, 3.8) is 0 Å². The van der Waals surface area contributed by atoms with Gasteiger partial charge in [-0.1, -0.05) is 36.7 Å². The summed E-state index contributed by atoms with van der Waals surface area (Å²) in [6, 6.07) is 15.9. The van der Waals surface area contributed by atoms with E-state index in [1.165, 1.54) is 25.7 Å². The molecular weight excluding hydrogens is 408 g/mol. The Bertz CT molecular complexity index is 1010. The van der Waals surface area contributed by atoms with Crippen molar-refractivity contribution in [3.05, 3.63) is 75.7 Å². The third-order valence-corrected chi connectivity index (χ3v) is 6.75. The zero-order valence-electron chi connectivity index (χ0n) is 18.4. The van der Waals surface area contributed by atoms with E-state index in [9.17, 15) is 4.79 Å². The van der Waals surface area contributed by atoms with Crippen molar-refractivity contribution in [1.82, 2.24) is 4.98 Å². The summed E-state index contributed by atoms with van der Waals surface area (Å²) in [6.07, 6.45) is 8.66. The fourth-order valence-corrected chi connectivity index (χ4v) is 4.68. The fraction of sp³-hybridized carbons (Fsp3) is 0.423. The Balaban J connectivity index is 0.000000287. The Hall–Kier alpha value is -2.30. The number of para-hydroxylation sites is 1. The first-order valence-electron chi connectivity index (χ1n) is 11.2. The number of nitrogens with one attached hydrogen (secondary N) is 1. The van der Waals surface area contributed by atoms with Crippen LogP contribution in [0, 0.1) is 11.8 Å². The van der Waals surface area contributed by atoms with Gasteiger partial charge in [0.25, 0.3) is 5.56 Å². The first-order chi connectivity index (χ1) is 15.0. The summed E-state index contributed by atoms with van der Waals surface area (Å²) < 4.78 is 4.91. The lowest BCUT2D eigenvalue weighted by molar-refractivity contribution is 0.239. The Labute approximate surface area is 189 Å². The van der Waals surface area contributed by atoms with Gasteiger partial charge >= 0.3 is 0 Å². The second kappa shape index (κ2) is 11.4. The molecule has 31 heavy (non-hydrogen) atoms. The third-order valence-electron chi connectivity index (χ3n) is 6.40. The number of H-pyrrole nitrogens is 1. The molecule has 0 radical (unpaired) electrons. The molecule has 1 aromatic heterocycles. The molecule has 1 heterocycles. The van der Waals surface area contributed by atoms with Crippen molar-refractivity contribution in [1.29, 1.82) is 0 Å². The van der Waals surface area contributed by atoms with Crippen LogP contribution in [0.3, 0.4) is 0 Å². The van der Waals surface area contributed by atoms with E-state index in [1.807, 2.05) is 42.5 Å². The topological polar surface area (TPSA) is 68.1 Å². The van der Waals surface area contributed by atoms with Gasteiger partial charge in [0, 0.05) is 22.6 Å². The van der Waals surface area contributed by atoms with Gasteiger partial charge in [0.15, 0.2) is 0 Å². The average molecular weight is 441 g/mol. The number of halogens is 1. The van der Waals surface area contributed by atoms with Crippen LogP contribution in [0.25, 0.3) is 10.8 Å². The summed E-state index contributed by atoms with van der Waals surface area (Å²) in [5.41, 5.74) is 7.27. The number of fused-ring (bicyclic) bond motifs is 1. The van der Waals surface area contributed by atoms with Crippen LogP contribution in [0.4, 0.5) is 0 Å². The Morgan fingerprint density at radius 3 is 2.45 bits per heavy atom. The lowest BCUT2D eigenvalue weighted by Crippen LogP contribution is -2.32. The maximum atomic E-state index is 11.8. The largest absolute Gasteiger partial charge is 0.497 e. The zero-order chi connectivity index (χ0) is 22.2. The molecule has 0 bridgehead atoms. The molecule has 1 unspecified atom stereocenters. The van der Waals surface area contributed by atoms with Crippen molar-refractivity contribution in [2.75, 3.05) is 7.11 Å². The van der Waals surface area contributed by atoms with Crippen LogP contribution in [0.2, 0.25) is 5.02 Å². The van der Waals surface area contributed by atoms with E-state index < -0.39 is 0 Å².